The summed E-state index contributed by atoms with van der Waals surface area (Å²) >= 11 is 0. The average Bonchev–Trinajstić information content (AvgIpc) is 2.79. The highest BCUT2D eigenvalue weighted by molar-refractivity contribution is 4.87. The highest BCUT2D eigenvalue weighted by Gasteiger charge is 2.32. The lowest BCUT2D eigenvalue weighted by Crippen LogP contribution is -2.42. The predicted molar refractivity (Wildman–Crippen MR) is 57.3 cm³/mol. The molecule has 2 saturated heterocycles. The zero-order chi connectivity index (χ0) is 9.97. The number of hydrogen-bond donors (Lipinski definition) is 1. The van der Waals surface area contributed by atoms with E-state index in [-0.39, 0.29) is 0 Å². The van der Waals surface area contributed by atoms with E-state index in [1.165, 1.54) is 45.4 Å². The molecule has 2 unspecified atom stereocenters. The molecule has 2 aliphatic rings. The molecule has 0 aromatic carbocycles. The third-order valence-electron chi connectivity index (χ3n) is 3.77. The van der Waals surface area contributed by atoms with Crippen LogP contribution >= 0.6 is 0 Å². The Morgan fingerprint density at radius 3 is 2.50 bits per heavy atom. The maximum Gasteiger partial charge on any atom is 0.0590 e. The predicted octanol–water partition coefficient (Wildman–Crippen LogP) is 0.395. The maximum atomic E-state index is 9.47. The van der Waals surface area contributed by atoms with E-state index < -0.39 is 0 Å². The highest BCUT2D eigenvalue weighted by atomic mass is 16.3. The second-order valence-electron chi connectivity index (χ2n) is 4.80. The van der Waals surface area contributed by atoms with Crippen molar-refractivity contribution in [3.05, 3.63) is 0 Å². The van der Waals surface area contributed by atoms with Crippen LogP contribution in [0.4, 0.5) is 0 Å². The van der Waals surface area contributed by atoms with Gasteiger partial charge in [-0.25, -0.2) is 0 Å². The van der Waals surface area contributed by atoms with Crippen LogP contribution in [0.1, 0.15) is 19.3 Å². The molecular weight excluding hydrogens is 176 g/mol. The number of aliphatic hydroxyl groups excluding tert-OH is 1. The molecule has 3 heteroatoms. The molecule has 1 N–H and O–H groups in total. The Kier molecular flexibility index (Phi) is 3.42. The number of aliphatic hydroxyl groups is 1. The van der Waals surface area contributed by atoms with Crippen molar-refractivity contribution >= 4 is 0 Å². The van der Waals surface area contributed by atoms with Crippen LogP contribution in [0.3, 0.4) is 0 Å². The molecule has 0 aliphatic carbocycles. The van der Waals surface area contributed by atoms with E-state index in [1.54, 1.807) is 0 Å². The number of nitrogens with zero attached hydrogens (tertiary/aromatic N) is 2. The zero-order valence-electron chi connectivity index (χ0n) is 9.15. The van der Waals surface area contributed by atoms with Gasteiger partial charge in [0, 0.05) is 12.6 Å². The summed E-state index contributed by atoms with van der Waals surface area (Å²) in [6, 6.07) is 0.433. The van der Waals surface area contributed by atoms with Gasteiger partial charge >= 0.3 is 0 Å². The number of rotatable bonds is 3. The van der Waals surface area contributed by atoms with E-state index in [1.807, 2.05) is 0 Å². The smallest absolute Gasteiger partial charge is 0.0590 e. The summed E-state index contributed by atoms with van der Waals surface area (Å²) in [5.41, 5.74) is 0. The van der Waals surface area contributed by atoms with Crippen LogP contribution in [0.2, 0.25) is 0 Å². The molecule has 0 amide bonds. The van der Waals surface area contributed by atoms with Gasteiger partial charge in [-0.1, -0.05) is 0 Å². The normalized spacial score (nSPS) is 32.6. The summed E-state index contributed by atoms with van der Waals surface area (Å²) in [6.07, 6.45) is 3.90. The molecule has 2 aliphatic heterocycles. The summed E-state index contributed by atoms with van der Waals surface area (Å²) < 4.78 is 0. The van der Waals surface area contributed by atoms with Crippen LogP contribution < -0.4 is 0 Å². The van der Waals surface area contributed by atoms with Gasteiger partial charge in [-0.05, 0) is 51.9 Å². The lowest BCUT2D eigenvalue weighted by molar-refractivity contribution is 0.102. The van der Waals surface area contributed by atoms with Gasteiger partial charge in [0.1, 0.15) is 0 Å². The van der Waals surface area contributed by atoms with E-state index in [9.17, 15) is 5.11 Å². The largest absolute Gasteiger partial charge is 0.395 e. The molecule has 14 heavy (non-hydrogen) atoms. The first-order valence-corrected chi connectivity index (χ1v) is 5.84. The molecule has 2 rings (SSSR count). The van der Waals surface area contributed by atoms with Crippen LogP contribution in [0.5, 0.6) is 0 Å². The third kappa shape index (κ3) is 2.10. The summed E-state index contributed by atoms with van der Waals surface area (Å²) in [4.78, 5) is 4.87. The van der Waals surface area contributed by atoms with Crippen molar-refractivity contribution in [2.75, 3.05) is 39.8 Å². The van der Waals surface area contributed by atoms with Crippen molar-refractivity contribution in [2.45, 2.75) is 25.3 Å². The van der Waals surface area contributed by atoms with E-state index in [4.69, 9.17) is 0 Å². The molecular formula is C11H22N2O. The van der Waals surface area contributed by atoms with Gasteiger partial charge < -0.3 is 10.0 Å². The maximum absolute atomic E-state index is 9.47. The van der Waals surface area contributed by atoms with Crippen molar-refractivity contribution in [2.24, 2.45) is 5.92 Å². The SMILES string of the molecule is CN1CCC(C(CO)N2CCCC2)C1. The van der Waals surface area contributed by atoms with Crippen molar-refractivity contribution in [1.29, 1.82) is 0 Å². The van der Waals surface area contributed by atoms with Crippen molar-refractivity contribution in [3.8, 4) is 0 Å². The van der Waals surface area contributed by atoms with E-state index in [0.717, 1.165) is 0 Å². The topological polar surface area (TPSA) is 26.7 Å². The quantitative estimate of drug-likeness (QED) is 0.711. The molecule has 0 radical (unpaired) electrons. The Balaban J connectivity index is 1.91. The zero-order valence-corrected chi connectivity index (χ0v) is 9.15. The van der Waals surface area contributed by atoms with Gasteiger partial charge in [-0.2, -0.15) is 0 Å². The molecule has 2 fully saturated rings. The number of likely N-dealkylation sites (tertiary alicyclic amines) is 2. The Labute approximate surface area is 86.7 Å². The molecule has 2 heterocycles. The Hall–Kier alpha value is -0.120. The van der Waals surface area contributed by atoms with Gasteiger partial charge in [0.15, 0.2) is 0 Å². The van der Waals surface area contributed by atoms with Crippen molar-refractivity contribution in [3.63, 3.8) is 0 Å². The fourth-order valence-electron chi connectivity index (χ4n) is 2.92. The first-order chi connectivity index (χ1) is 6.81. The first kappa shape index (κ1) is 10.4. The van der Waals surface area contributed by atoms with Gasteiger partial charge in [0.05, 0.1) is 6.61 Å². The highest BCUT2D eigenvalue weighted by Crippen LogP contribution is 2.24. The van der Waals surface area contributed by atoms with Gasteiger partial charge in [0.25, 0.3) is 0 Å². The van der Waals surface area contributed by atoms with E-state index >= 15 is 0 Å². The minimum Gasteiger partial charge on any atom is -0.395 e. The van der Waals surface area contributed by atoms with Gasteiger partial charge in [-0.15, -0.1) is 0 Å². The molecule has 0 saturated carbocycles. The Morgan fingerprint density at radius 1 is 1.29 bits per heavy atom. The number of hydrogen-bond acceptors (Lipinski definition) is 3. The summed E-state index contributed by atoms with van der Waals surface area (Å²) in [6.45, 7) is 5.12. The Bertz CT molecular complexity index is 180. The molecule has 0 aromatic heterocycles. The third-order valence-corrected chi connectivity index (χ3v) is 3.77. The Morgan fingerprint density at radius 2 is 2.00 bits per heavy atom. The molecule has 0 aromatic rings. The molecule has 3 nitrogen and oxygen atoms in total. The van der Waals surface area contributed by atoms with Gasteiger partial charge in [-0.3, -0.25) is 4.90 Å². The molecule has 82 valence electrons. The summed E-state index contributed by atoms with van der Waals surface area (Å²) in [5, 5.41) is 9.47. The molecule has 0 spiro atoms. The van der Waals surface area contributed by atoms with Gasteiger partial charge in [0.2, 0.25) is 0 Å². The average molecular weight is 198 g/mol. The fraction of sp³-hybridized carbons (Fsp3) is 1.00. The van der Waals surface area contributed by atoms with Crippen LogP contribution in [-0.4, -0.2) is 60.8 Å². The van der Waals surface area contributed by atoms with E-state index in [0.29, 0.717) is 18.6 Å². The minimum absolute atomic E-state index is 0.346. The standard InChI is InChI=1S/C11H22N2O/c1-12-7-4-10(8-12)11(9-14)13-5-2-3-6-13/h10-11,14H,2-9H2,1H3. The lowest BCUT2D eigenvalue weighted by Gasteiger charge is -2.30. The van der Waals surface area contributed by atoms with Crippen LogP contribution in [0, 0.1) is 5.92 Å². The lowest BCUT2D eigenvalue weighted by atomic mass is 9.98. The summed E-state index contributed by atoms with van der Waals surface area (Å²) in [7, 11) is 2.18. The molecule has 2 atom stereocenters. The fourth-order valence-corrected chi connectivity index (χ4v) is 2.92. The van der Waals surface area contributed by atoms with Crippen molar-refractivity contribution < 1.29 is 5.11 Å². The van der Waals surface area contributed by atoms with Crippen LogP contribution in [0.25, 0.3) is 0 Å². The molecule has 0 bridgehead atoms. The summed E-state index contributed by atoms with van der Waals surface area (Å²) in [5.74, 6) is 0.697. The van der Waals surface area contributed by atoms with Crippen molar-refractivity contribution in [1.82, 2.24) is 9.80 Å². The monoisotopic (exact) mass is 198 g/mol. The second-order valence-corrected chi connectivity index (χ2v) is 4.80. The first-order valence-electron chi connectivity index (χ1n) is 5.84. The second kappa shape index (κ2) is 4.60. The minimum atomic E-state index is 0.346. The van der Waals surface area contributed by atoms with Crippen LogP contribution in [0.15, 0.2) is 0 Å². The van der Waals surface area contributed by atoms with Crippen LogP contribution in [-0.2, 0) is 0 Å². The van der Waals surface area contributed by atoms with E-state index in [2.05, 4.69) is 16.8 Å².